The molecule has 0 atom stereocenters. The normalized spacial score (nSPS) is 11.4. The van der Waals surface area contributed by atoms with Gasteiger partial charge in [0, 0.05) is 6.42 Å². The molecule has 0 saturated heterocycles. The van der Waals surface area contributed by atoms with E-state index in [9.17, 15) is 18.0 Å². The van der Waals surface area contributed by atoms with Crippen molar-refractivity contribution in [3.8, 4) is 5.75 Å². The van der Waals surface area contributed by atoms with Crippen molar-refractivity contribution in [1.82, 2.24) is 0 Å². The fourth-order valence-corrected chi connectivity index (χ4v) is 2.11. The Bertz CT molecular complexity index is 441. The molecule has 0 aliphatic carbocycles. The molecule has 1 rings (SSSR count). The number of para-hydroxylation sites is 1. The van der Waals surface area contributed by atoms with E-state index < -0.39 is 12.1 Å². The minimum absolute atomic E-state index is 0.00313. The highest BCUT2D eigenvalue weighted by Crippen LogP contribution is 2.27. The molecule has 118 valence electrons. The zero-order valence-electron chi connectivity index (χ0n) is 12.2. The van der Waals surface area contributed by atoms with E-state index in [4.69, 9.17) is 0 Å². The van der Waals surface area contributed by atoms with Gasteiger partial charge in [-0.15, -0.1) is 13.2 Å². The Morgan fingerprint density at radius 2 is 1.67 bits per heavy atom. The number of benzene rings is 1. The van der Waals surface area contributed by atoms with Gasteiger partial charge in [0.25, 0.3) is 0 Å². The Hall–Kier alpha value is -1.52. The van der Waals surface area contributed by atoms with Crippen LogP contribution in [0.25, 0.3) is 0 Å². The number of unbranched alkanes of at least 4 members (excludes halogenated alkanes) is 5. The average Bonchev–Trinajstić information content (AvgIpc) is 2.41. The first-order valence-corrected chi connectivity index (χ1v) is 7.32. The van der Waals surface area contributed by atoms with Crippen molar-refractivity contribution in [2.45, 2.75) is 58.2 Å². The van der Waals surface area contributed by atoms with Crippen molar-refractivity contribution >= 4 is 5.78 Å². The molecule has 21 heavy (non-hydrogen) atoms. The number of carbonyl (C=O) groups excluding carboxylic acids is 1. The molecule has 0 amide bonds. The van der Waals surface area contributed by atoms with Crippen LogP contribution in [0, 0.1) is 0 Å². The van der Waals surface area contributed by atoms with Crippen LogP contribution in [0.3, 0.4) is 0 Å². The predicted molar refractivity (Wildman–Crippen MR) is 75.4 cm³/mol. The van der Waals surface area contributed by atoms with E-state index in [1.807, 2.05) is 0 Å². The summed E-state index contributed by atoms with van der Waals surface area (Å²) in [6.45, 7) is 2.13. The van der Waals surface area contributed by atoms with Gasteiger partial charge in [0.2, 0.25) is 0 Å². The summed E-state index contributed by atoms with van der Waals surface area (Å²) in [4.78, 5) is 12.0. The molecule has 0 N–H and O–H groups in total. The lowest BCUT2D eigenvalue weighted by Crippen LogP contribution is -2.19. The Balaban J connectivity index is 2.50. The first-order valence-electron chi connectivity index (χ1n) is 7.32. The predicted octanol–water partition coefficient (Wildman–Crippen LogP) is 5.52. The molecule has 5 heteroatoms. The van der Waals surface area contributed by atoms with Crippen molar-refractivity contribution in [1.29, 1.82) is 0 Å². The number of Topliss-reactive ketones (excluding diaryl/α,β-unsaturated/α-hetero) is 1. The van der Waals surface area contributed by atoms with Gasteiger partial charge >= 0.3 is 6.36 Å². The van der Waals surface area contributed by atoms with Crippen LogP contribution in [0.4, 0.5) is 13.2 Å². The van der Waals surface area contributed by atoms with Gasteiger partial charge < -0.3 is 4.74 Å². The summed E-state index contributed by atoms with van der Waals surface area (Å²) in [6, 6.07) is 5.50. The van der Waals surface area contributed by atoms with Crippen molar-refractivity contribution < 1.29 is 22.7 Å². The van der Waals surface area contributed by atoms with Crippen LogP contribution in [-0.4, -0.2) is 12.1 Å². The molecular formula is C16H21F3O2. The molecule has 0 spiro atoms. The lowest BCUT2D eigenvalue weighted by molar-refractivity contribution is -0.274. The third-order valence-corrected chi connectivity index (χ3v) is 3.17. The maximum atomic E-state index is 12.3. The fourth-order valence-electron chi connectivity index (χ4n) is 2.11. The molecule has 0 aromatic heterocycles. The molecule has 0 bridgehead atoms. The number of carbonyl (C=O) groups is 1. The van der Waals surface area contributed by atoms with Gasteiger partial charge in [-0.25, -0.2) is 0 Å². The van der Waals surface area contributed by atoms with E-state index >= 15 is 0 Å². The highest BCUT2D eigenvalue weighted by molar-refractivity contribution is 5.98. The van der Waals surface area contributed by atoms with Gasteiger partial charge in [0.05, 0.1) is 5.56 Å². The third kappa shape index (κ3) is 7.16. The largest absolute Gasteiger partial charge is 0.573 e. The highest BCUT2D eigenvalue weighted by atomic mass is 19.4. The molecular weight excluding hydrogens is 281 g/mol. The Kier molecular flexibility index (Phi) is 7.26. The fraction of sp³-hybridized carbons (Fsp3) is 0.562. The SMILES string of the molecule is CCCCCCCCC(=O)c1ccccc1OC(F)(F)F. The van der Waals surface area contributed by atoms with Crippen LogP contribution in [0.15, 0.2) is 24.3 Å². The van der Waals surface area contributed by atoms with E-state index in [2.05, 4.69) is 11.7 Å². The molecule has 0 radical (unpaired) electrons. The Morgan fingerprint density at radius 1 is 1.05 bits per heavy atom. The summed E-state index contributed by atoms with van der Waals surface area (Å²) in [6.07, 6.45) is 1.62. The van der Waals surface area contributed by atoms with Gasteiger partial charge in [-0.3, -0.25) is 4.79 Å². The second-order valence-corrected chi connectivity index (χ2v) is 4.98. The molecule has 0 unspecified atom stereocenters. The average molecular weight is 302 g/mol. The molecule has 0 aliphatic rings. The zero-order valence-corrected chi connectivity index (χ0v) is 12.2. The first-order chi connectivity index (χ1) is 9.94. The van der Waals surface area contributed by atoms with Crippen LogP contribution in [-0.2, 0) is 0 Å². The maximum Gasteiger partial charge on any atom is 0.573 e. The molecule has 1 aromatic carbocycles. The number of hydrogen-bond acceptors (Lipinski definition) is 2. The lowest BCUT2D eigenvalue weighted by Gasteiger charge is -2.12. The van der Waals surface area contributed by atoms with Crippen molar-refractivity contribution in [3.05, 3.63) is 29.8 Å². The molecule has 0 saturated carbocycles. The number of alkyl halides is 3. The summed E-state index contributed by atoms with van der Waals surface area (Å²) in [5, 5.41) is 0. The number of rotatable bonds is 9. The summed E-state index contributed by atoms with van der Waals surface area (Å²) in [5.41, 5.74) is 0.00313. The molecule has 0 fully saturated rings. The van der Waals surface area contributed by atoms with Crippen molar-refractivity contribution in [3.63, 3.8) is 0 Å². The van der Waals surface area contributed by atoms with Crippen LogP contribution >= 0.6 is 0 Å². The van der Waals surface area contributed by atoms with E-state index in [1.54, 1.807) is 0 Å². The van der Waals surface area contributed by atoms with Gasteiger partial charge in [0.1, 0.15) is 5.75 Å². The van der Waals surface area contributed by atoms with Crippen LogP contribution < -0.4 is 4.74 Å². The lowest BCUT2D eigenvalue weighted by atomic mass is 10.0. The topological polar surface area (TPSA) is 26.3 Å². The van der Waals surface area contributed by atoms with Gasteiger partial charge in [-0.2, -0.15) is 0 Å². The number of hydrogen-bond donors (Lipinski definition) is 0. The van der Waals surface area contributed by atoms with Crippen molar-refractivity contribution in [2.24, 2.45) is 0 Å². The van der Waals surface area contributed by atoms with E-state index in [1.165, 1.54) is 30.7 Å². The number of ketones is 1. The Morgan fingerprint density at radius 3 is 2.33 bits per heavy atom. The molecule has 2 nitrogen and oxygen atoms in total. The minimum atomic E-state index is -4.78. The van der Waals surface area contributed by atoms with E-state index in [0.29, 0.717) is 6.42 Å². The summed E-state index contributed by atoms with van der Waals surface area (Å²) in [7, 11) is 0. The standard InChI is InChI=1S/C16H21F3O2/c1-2-3-4-5-6-7-11-14(20)13-10-8-9-12-15(13)21-16(17,18)19/h8-10,12H,2-7,11H2,1H3. The Labute approximate surface area is 123 Å². The monoisotopic (exact) mass is 302 g/mol. The smallest absolute Gasteiger partial charge is 0.405 e. The third-order valence-electron chi connectivity index (χ3n) is 3.17. The van der Waals surface area contributed by atoms with Crippen LogP contribution in [0.2, 0.25) is 0 Å². The van der Waals surface area contributed by atoms with Gasteiger partial charge in [-0.05, 0) is 18.6 Å². The zero-order chi connectivity index (χ0) is 15.7. The summed E-state index contributed by atoms with van der Waals surface area (Å²) in [5.74, 6) is -0.716. The summed E-state index contributed by atoms with van der Waals surface area (Å²) >= 11 is 0. The first kappa shape index (κ1) is 17.5. The number of ether oxygens (including phenoxy) is 1. The van der Waals surface area contributed by atoms with Gasteiger partial charge in [0.15, 0.2) is 5.78 Å². The van der Waals surface area contributed by atoms with Crippen molar-refractivity contribution in [2.75, 3.05) is 0 Å². The molecule has 0 heterocycles. The quantitative estimate of drug-likeness (QED) is 0.443. The minimum Gasteiger partial charge on any atom is -0.405 e. The highest BCUT2D eigenvalue weighted by Gasteiger charge is 2.32. The second kappa shape index (κ2) is 8.70. The van der Waals surface area contributed by atoms with E-state index in [0.717, 1.165) is 25.7 Å². The second-order valence-electron chi connectivity index (χ2n) is 4.98. The van der Waals surface area contributed by atoms with E-state index in [-0.39, 0.29) is 17.8 Å². The van der Waals surface area contributed by atoms with Crippen LogP contribution in [0.5, 0.6) is 5.75 Å². The maximum absolute atomic E-state index is 12.3. The number of halogens is 3. The summed E-state index contributed by atoms with van der Waals surface area (Å²) < 4.78 is 40.7. The van der Waals surface area contributed by atoms with Crippen LogP contribution in [0.1, 0.15) is 62.2 Å². The van der Waals surface area contributed by atoms with Gasteiger partial charge in [-0.1, -0.05) is 51.2 Å². The molecule has 0 aliphatic heterocycles. The molecule has 1 aromatic rings.